The molecule has 30 heavy (non-hydrogen) atoms. The highest BCUT2D eigenvalue weighted by Crippen LogP contribution is 2.29. The predicted octanol–water partition coefficient (Wildman–Crippen LogP) is 3.65. The van der Waals surface area contributed by atoms with Gasteiger partial charge in [-0.2, -0.15) is 4.98 Å². The fourth-order valence-electron chi connectivity index (χ4n) is 3.54. The summed E-state index contributed by atoms with van der Waals surface area (Å²) in [6, 6.07) is 12.5. The Balaban J connectivity index is 1.74. The van der Waals surface area contributed by atoms with Gasteiger partial charge in [0.1, 0.15) is 5.82 Å². The fraction of sp³-hybridized carbons (Fsp3) is 0.238. The fourth-order valence-corrected chi connectivity index (χ4v) is 3.54. The zero-order valence-electron chi connectivity index (χ0n) is 15.9. The molecule has 0 N–H and O–H groups in total. The Morgan fingerprint density at radius 2 is 1.80 bits per heavy atom. The minimum atomic E-state index is -2.77. The minimum Gasteiger partial charge on any atom is -0.378 e. The van der Waals surface area contributed by atoms with Gasteiger partial charge in [0, 0.05) is 37.1 Å². The van der Waals surface area contributed by atoms with E-state index in [1.807, 2.05) is 18.2 Å². The van der Waals surface area contributed by atoms with Crippen LogP contribution in [0.4, 0.5) is 14.6 Å². The molecule has 0 amide bonds. The Hall–Kier alpha value is -3.46. The van der Waals surface area contributed by atoms with Crippen molar-refractivity contribution in [3.8, 4) is 17.2 Å². The van der Waals surface area contributed by atoms with E-state index in [1.54, 1.807) is 36.7 Å². The van der Waals surface area contributed by atoms with Crippen molar-refractivity contribution >= 4 is 16.9 Å². The lowest BCUT2D eigenvalue weighted by Gasteiger charge is -2.28. The summed E-state index contributed by atoms with van der Waals surface area (Å²) in [5, 5.41) is 0. The normalized spacial score (nSPS) is 14.6. The Morgan fingerprint density at radius 3 is 2.57 bits per heavy atom. The van der Waals surface area contributed by atoms with Crippen LogP contribution in [0.15, 0.2) is 54.9 Å². The molecule has 1 aromatic carbocycles. The smallest absolute Gasteiger partial charge is 0.296 e. The van der Waals surface area contributed by atoms with Crippen LogP contribution in [-0.4, -0.2) is 50.8 Å². The van der Waals surface area contributed by atoms with Crippen molar-refractivity contribution in [3.05, 3.63) is 60.7 Å². The van der Waals surface area contributed by atoms with Crippen LogP contribution in [0.3, 0.4) is 0 Å². The van der Waals surface area contributed by atoms with E-state index < -0.39 is 6.43 Å². The van der Waals surface area contributed by atoms with Gasteiger partial charge < -0.3 is 9.64 Å². The third kappa shape index (κ3) is 3.37. The van der Waals surface area contributed by atoms with Crippen molar-refractivity contribution in [1.29, 1.82) is 0 Å². The van der Waals surface area contributed by atoms with Crippen LogP contribution in [-0.2, 0) is 4.74 Å². The molecule has 9 heteroatoms. The number of benzene rings is 1. The van der Waals surface area contributed by atoms with Gasteiger partial charge in [0.15, 0.2) is 5.82 Å². The summed E-state index contributed by atoms with van der Waals surface area (Å²) >= 11 is 0. The highest BCUT2D eigenvalue weighted by Gasteiger charge is 2.23. The second kappa shape index (κ2) is 7.75. The number of anilines is 1. The van der Waals surface area contributed by atoms with E-state index >= 15 is 0 Å². The molecule has 3 aromatic heterocycles. The average Bonchev–Trinajstić information content (AvgIpc) is 3.20. The van der Waals surface area contributed by atoms with Crippen molar-refractivity contribution in [1.82, 2.24) is 24.5 Å². The largest absolute Gasteiger partial charge is 0.378 e. The van der Waals surface area contributed by atoms with E-state index in [0.717, 1.165) is 5.56 Å². The highest BCUT2D eigenvalue weighted by molar-refractivity contribution is 5.78. The van der Waals surface area contributed by atoms with Gasteiger partial charge in [-0.3, -0.25) is 9.55 Å². The zero-order valence-corrected chi connectivity index (χ0v) is 15.9. The molecule has 1 saturated heterocycles. The monoisotopic (exact) mass is 408 g/mol. The number of alkyl halides is 2. The van der Waals surface area contributed by atoms with Crippen LogP contribution in [0.25, 0.3) is 28.2 Å². The van der Waals surface area contributed by atoms with Gasteiger partial charge >= 0.3 is 0 Å². The number of aromatic nitrogens is 5. The SMILES string of the molecule is FC(F)c1nc2ccccc2n1-c1nc(-c2cccnc2)cc(N2CCOCC2)n1. The van der Waals surface area contributed by atoms with Gasteiger partial charge in [-0.05, 0) is 24.3 Å². The van der Waals surface area contributed by atoms with Crippen LogP contribution < -0.4 is 4.90 Å². The van der Waals surface area contributed by atoms with Crippen molar-refractivity contribution in [2.45, 2.75) is 6.43 Å². The number of para-hydroxylation sites is 2. The van der Waals surface area contributed by atoms with Gasteiger partial charge in [-0.15, -0.1) is 0 Å². The summed E-state index contributed by atoms with van der Waals surface area (Å²) < 4.78 is 34.5. The predicted molar refractivity (Wildman–Crippen MR) is 108 cm³/mol. The quantitative estimate of drug-likeness (QED) is 0.513. The van der Waals surface area contributed by atoms with E-state index in [2.05, 4.69) is 24.8 Å². The maximum Gasteiger partial charge on any atom is 0.296 e. The third-order valence-electron chi connectivity index (χ3n) is 4.98. The number of hydrogen-bond acceptors (Lipinski definition) is 6. The number of rotatable bonds is 4. The van der Waals surface area contributed by atoms with E-state index in [4.69, 9.17) is 4.74 Å². The van der Waals surface area contributed by atoms with E-state index in [1.165, 1.54) is 4.57 Å². The Kier molecular flexibility index (Phi) is 4.80. The number of fused-ring (bicyclic) bond motifs is 1. The number of pyridine rings is 1. The van der Waals surface area contributed by atoms with Crippen LogP contribution in [0.2, 0.25) is 0 Å². The molecular weight excluding hydrogens is 390 g/mol. The lowest BCUT2D eigenvalue weighted by Crippen LogP contribution is -2.37. The van der Waals surface area contributed by atoms with Crippen LogP contribution >= 0.6 is 0 Å². The molecule has 4 heterocycles. The number of ether oxygens (including phenoxy) is 1. The maximum absolute atomic E-state index is 13.9. The summed E-state index contributed by atoms with van der Waals surface area (Å²) in [5.41, 5.74) is 2.38. The van der Waals surface area contributed by atoms with Gasteiger partial charge in [-0.25, -0.2) is 18.7 Å². The summed E-state index contributed by atoms with van der Waals surface area (Å²) in [6.07, 6.45) is 0.594. The first-order valence-corrected chi connectivity index (χ1v) is 9.59. The first-order valence-electron chi connectivity index (χ1n) is 9.59. The molecule has 7 nitrogen and oxygen atoms in total. The molecule has 0 bridgehead atoms. The molecule has 1 fully saturated rings. The van der Waals surface area contributed by atoms with Crippen molar-refractivity contribution < 1.29 is 13.5 Å². The lowest BCUT2D eigenvalue weighted by molar-refractivity contribution is 0.122. The molecular formula is C21H18F2N6O. The van der Waals surface area contributed by atoms with E-state index in [0.29, 0.717) is 48.8 Å². The molecule has 0 saturated carbocycles. The summed E-state index contributed by atoms with van der Waals surface area (Å²) in [4.78, 5) is 19.6. The molecule has 1 aliphatic heterocycles. The van der Waals surface area contributed by atoms with Crippen LogP contribution in [0.5, 0.6) is 0 Å². The van der Waals surface area contributed by atoms with Crippen molar-refractivity contribution in [2.75, 3.05) is 31.2 Å². The first-order chi connectivity index (χ1) is 14.7. The number of nitrogens with zero attached hydrogens (tertiary/aromatic N) is 6. The van der Waals surface area contributed by atoms with Crippen molar-refractivity contribution in [2.24, 2.45) is 0 Å². The molecule has 0 aliphatic carbocycles. The summed E-state index contributed by atoms with van der Waals surface area (Å²) in [5.74, 6) is 0.425. The molecule has 0 unspecified atom stereocenters. The number of morpholine rings is 1. The summed E-state index contributed by atoms with van der Waals surface area (Å²) in [7, 11) is 0. The van der Waals surface area contributed by atoms with Gasteiger partial charge in [0.25, 0.3) is 6.43 Å². The highest BCUT2D eigenvalue weighted by atomic mass is 19.3. The van der Waals surface area contributed by atoms with Gasteiger partial charge in [-0.1, -0.05) is 12.1 Å². The zero-order chi connectivity index (χ0) is 20.5. The number of halogens is 2. The van der Waals surface area contributed by atoms with Gasteiger partial charge in [0.05, 0.1) is 29.9 Å². The first kappa shape index (κ1) is 18.6. The number of imidazole rings is 1. The molecule has 0 spiro atoms. The molecule has 152 valence electrons. The van der Waals surface area contributed by atoms with Crippen LogP contribution in [0.1, 0.15) is 12.2 Å². The second-order valence-electron chi connectivity index (χ2n) is 6.85. The third-order valence-corrected chi connectivity index (χ3v) is 4.98. The second-order valence-corrected chi connectivity index (χ2v) is 6.85. The molecule has 0 radical (unpaired) electrons. The average molecular weight is 408 g/mol. The molecule has 5 rings (SSSR count). The lowest BCUT2D eigenvalue weighted by atomic mass is 10.2. The Bertz CT molecular complexity index is 1170. The van der Waals surface area contributed by atoms with Gasteiger partial charge in [0.2, 0.25) is 5.95 Å². The Morgan fingerprint density at radius 1 is 0.967 bits per heavy atom. The molecule has 1 aliphatic rings. The number of hydrogen-bond donors (Lipinski definition) is 0. The standard InChI is InChI=1S/C21H18F2N6O/c22-19(23)20-25-15-5-1-2-6-17(15)29(20)21-26-16(14-4-3-7-24-13-14)12-18(27-21)28-8-10-30-11-9-28/h1-7,12-13,19H,8-11H2. The topological polar surface area (TPSA) is 69.0 Å². The van der Waals surface area contributed by atoms with E-state index in [9.17, 15) is 8.78 Å². The van der Waals surface area contributed by atoms with Crippen molar-refractivity contribution in [3.63, 3.8) is 0 Å². The Labute approximate surface area is 171 Å². The van der Waals surface area contributed by atoms with Crippen LogP contribution in [0, 0.1) is 0 Å². The maximum atomic E-state index is 13.9. The van der Waals surface area contributed by atoms with E-state index in [-0.39, 0.29) is 11.8 Å². The summed E-state index contributed by atoms with van der Waals surface area (Å²) in [6.45, 7) is 2.49. The molecule has 0 atom stereocenters. The minimum absolute atomic E-state index is 0.154. The molecule has 4 aromatic rings.